The Balaban J connectivity index is 1.05. The fourth-order valence-corrected chi connectivity index (χ4v) is 8.50. The van der Waals surface area contributed by atoms with E-state index in [4.69, 9.17) is 4.99 Å². The Morgan fingerprint density at radius 1 is 0.561 bits per heavy atom. The van der Waals surface area contributed by atoms with Crippen molar-refractivity contribution in [1.29, 1.82) is 0 Å². The zero-order chi connectivity index (χ0) is 37.7. The van der Waals surface area contributed by atoms with Gasteiger partial charge in [0.2, 0.25) is 0 Å². The Labute approximate surface area is 329 Å². The summed E-state index contributed by atoms with van der Waals surface area (Å²) < 4.78 is 4.71. The predicted octanol–water partition coefficient (Wildman–Crippen LogP) is 11.8. The lowest BCUT2D eigenvalue weighted by molar-refractivity contribution is 0.994. The Morgan fingerprint density at radius 2 is 1.25 bits per heavy atom. The Hall–Kier alpha value is -7.66. The van der Waals surface area contributed by atoms with Crippen molar-refractivity contribution >= 4 is 54.9 Å². The average Bonchev–Trinajstić information content (AvgIpc) is 3.67. The summed E-state index contributed by atoms with van der Waals surface area (Å²) in [5, 5.41) is 4.48. The second kappa shape index (κ2) is 13.6. The molecule has 6 nitrogen and oxygen atoms in total. The smallest absolute Gasteiger partial charge is 0.0708 e. The van der Waals surface area contributed by atoms with Crippen LogP contribution < -0.4 is 0 Å². The highest BCUT2D eigenvalue weighted by molar-refractivity contribution is 6.20. The number of benzene rings is 4. The lowest BCUT2D eigenvalue weighted by Gasteiger charge is -2.14. The van der Waals surface area contributed by atoms with Crippen molar-refractivity contribution in [2.45, 2.75) is 6.42 Å². The van der Waals surface area contributed by atoms with E-state index >= 15 is 0 Å². The molecule has 1 aliphatic heterocycles. The van der Waals surface area contributed by atoms with E-state index in [1.807, 2.05) is 55.3 Å². The highest BCUT2D eigenvalue weighted by Gasteiger charge is 2.20. The number of nitrogens with zero attached hydrogens (tertiary/aromatic N) is 6. The number of hydrogen-bond donors (Lipinski definition) is 0. The van der Waals surface area contributed by atoms with Crippen LogP contribution >= 0.6 is 0 Å². The van der Waals surface area contributed by atoms with Gasteiger partial charge in [0, 0.05) is 87.2 Å². The largest absolute Gasteiger partial charge is 0.309 e. The molecule has 6 heterocycles. The van der Waals surface area contributed by atoms with Gasteiger partial charge in [-0.2, -0.15) is 0 Å². The van der Waals surface area contributed by atoms with Gasteiger partial charge in [-0.3, -0.25) is 19.9 Å². The summed E-state index contributed by atoms with van der Waals surface area (Å²) in [7, 11) is 0. The van der Waals surface area contributed by atoms with E-state index in [1.54, 1.807) is 0 Å². The molecular formula is C51H34N6. The van der Waals surface area contributed by atoms with Gasteiger partial charge in [0.15, 0.2) is 0 Å². The van der Waals surface area contributed by atoms with Crippen LogP contribution in [-0.2, 0) is 0 Å². The molecule has 6 heteroatoms. The quantitative estimate of drug-likeness (QED) is 0.160. The first-order valence-corrected chi connectivity index (χ1v) is 19.2. The lowest BCUT2D eigenvalue weighted by atomic mass is 9.93. The van der Waals surface area contributed by atoms with Crippen molar-refractivity contribution in [1.82, 2.24) is 24.1 Å². The number of aliphatic imine (C=N–C) groups is 1. The molecule has 0 atom stereocenters. The van der Waals surface area contributed by atoms with Gasteiger partial charge in [-0.25, -0.2) is 0 Å². The van der Waals surface area contributed by atoms with Gasteiger partial charge >= 0.3 is 0 Å². The minimum atomic E-state index is 0.800. The van der Waals surface area contributed by atoms with Crippen molar-refractivity contribution in [2.75, 3.05) is 6.54 Å². The monoisotopic (exact) mass is 730 g/mol. The molecule has 4 aromatic carbocycles. The Kier molecular flexibility index (Phi) is 7.80. The zero-order valence-electron chi connectivity index (χ0n) is 30.9. The van der Waals surface area contributed by atoms with E-state index in [9.17, 15) is 0 Å². The molecule has 0 N–H and O–H groups in total. The van der Waals surface area contributed by atoms with Crippen LogP contribution in [0.5, 0.6) is 0 Å². The van der Waals surface area contributed by atoms with Crippen LogP contribution in [0, 0.1) is 0 Å². The second-order valence-corrected chi connectivity index (χ2v) is 14.3. The summed E-state index contributed by atoms with van der Waals surface area (Å²) in [6, 6.07) is 41.1. The van der Waals surface area contributed by atoms with E-state index in [1.165, 1.54) is 0 Å². The number of pyridine rings is 3. The fourth-order valence-electron chi connectivity index (χ4n) is 8.50. The number of allylic oxidation sites excluding steroid dienone is 6. The van der Waals surface area contributed by atoms with E-state index in [0.717, 1.165) is 113 Å². The molecule has 0 saturated heterocycles. The molecule has 0 saturated carbocycles. The van der Waals surface area contributed by atoms with Crippen molar-refractivity contribution < 1.29 is 0 Å². The average molecular weight is 731 g/mol. The van der Waals surface area contributed by atoms with Crippen molar-refractivity contribution in [3.8, 4) is 33.8 Å². The van der Waals surface area contributed by atoms with Gasteiger partial charge in [0.1, 0.15) is 0 Å². The van der Waals surface area contributed by atoms with Gasteiger partial charge in [-0.05, 0) is 102 Å². The molecule has 0 radical (unpaired) electrons. The first-order valence-electron chi connectivity index (χ1n) is 19.2. The fraction of sp³-hybridized carbons (Fsp3) is 0.0392. The van der Waals surface area contributed by atoms with Crippen LogP contribution in [0.4, 0.5) is 0 Å². The molecule has 2 aliphatic rings. The third kappa shape index (κ3) is 5.50. The lowest BCUT2D eigenvalue weighted by Crippen LogP contribution is -2.06. The van der Waals surface area contributed by atoms with Crippen molar-refractivity contribution in [3.63, 3.8) is 0 Å². The molecule has 0 unspecified atom stereocenters. The molecular weight excluding hydrogens is 697 g/mol. The summed E-state index contributed by atoms with van der Waals surface area (Å²) in [4.78, 5) is 18.7. The molecule has 0 fully saturated rings. The number of fused-ring (bicyclic) bond motifs is 6. The van der Waals surface area contributed by atoms with Gasteiger partial charge in [0.05, 0.1) is 33.5 Å². The summed E-state index contributed by atoms with van der Waals surface area (Å²) in [6.07, 6.45) is 23.1. The van der Waals surface area contributed by atoms with Crippen LogP contribution in [0.15, 0.2) is 199 Å². The van der Waals surface area contributed by atoms with E-state index < -0.39 is 0 Å². The van der Waals surface area contributed by atoms with Crippen LogP contribution in [0.3, 0.4) is 0 Å². The first-order chi connectivity index (χ1) is 28.3. The molecule has 0 spiro atoms. The molecule has 268 valence electrons. The Bertz CT molecular complexity index is 3270. The highest BCUT2D eigenvalue weighted by Crippen LogP contribution is 2.39. The van der Waals surface area contributed by atoms with Crippen LogP contribution in [0.2, 0.25) is 0 Å². The summed E-state index contributed by atoms with van der Waals surface area (Å²) in [6.45, 7) is 0.800. The molecule has 9 aromatic rings. The standard InChI is InChI=1S/C51H34N6/c1-2-13-38(40(15-3-1)46-17-6-8-25-54-46)34-19-21-48-42(29-34)44-32-52-27-23-50(44)56(48)36-11-10-12-37(31-36)57-49-22-20-35(30-43(49)45-33-53-28-24-51(45)57)39-14-4-5-16-41(39)47-18-7-9-26-55-47/h1-7,9-12,14-24,26-33H,8,25H2. The minimum absolute atomic E-state index is 0.800. The number of rotatable bonds is 6. The van der Waals surface area contributed by atoms with E-state index in [2.05, 4.69) is 157 Å². The van der Waals surface area contributed by atoms with Crippen LogP contribution in [-0.4, -0.2) is 36.3 Å². The van der Waals surface area contributed by atoms with E-state index in [-0.39, 0.29) is 0 Å². The summed E-state index contributed by atoms with van der Waals surface area (Å²) in [5.41, 5.74) is 18.7. The summed E-state index contributed by atoms with van der Waals surface area (Å²) >= 11 is 0. The van der Waals surface area contributed by atoms with Crippen molar-refractivity contribution in [3.05, 3.63) is 200 Å². The third-order valence-electron chi connectivity index (χ3n) is 11.0. The van der Waals surface area contributed by atoms with E-state index in [0.29, 0.717) is 0 Å². The molecule has 57 heavy (non-hydrogen) atoms. The maximum absolute atomic E-state index is 4.86. The number of hydrogen-bond acceptors (Lipinski definition) is 4. The normalized spacial score (nSPS) is 14.0. The molecule has 11 rings (SSSR count). The predicted molar refractivity (Wildman–Crippen MR) is 234 cm³/mol. The topological polar surface area (TPSA) is 60.9 Å². The second-order valence-electron chi connectivity index (χ2n) is 14.3. The number of aromatic nitrogens is 5. The van der Waals surface area contributed by atoms with Gasteiger partial charge in [-0.1, -0.05) is 72.8 Å². The molecule has 1 aliphatic carbocycles. The van der Waals surface area contributed by atoms with Crippen molar-refractivity contribution in [2.24, 2.45) is 4.99 Å². The van der Waals surface area contributed by atoms with Gasteiger partial charge in [-0.15, -0.1) is 5.73 Å². The molecule has 0 bridgehead atoms. The minimum Gasteiger partial charge on any atom is -0.309 e. The Morgan fingerprint density at radius 3 is 1.95 bits per heavy atom. The number of dihydropyridines is 1. The maximum Gasteiger partial charge on any atom is 0.0708 e. The first kappa shape index (κ1) is 32.7. The van der Waals surface area contributed by atoms with Crippen LogP contribution in [0.25, 0.3) is 82.9 Å². The maximum atomic E-state index is 4.86. The summed E-state index contributed by atoms with van der Waals surface area (Å²) in [5.74, 6) is 0. The molecule has 5 aromatic heterocycles. The molecule has 0 amide bonds. The van der Waals surface area contributed by atoms with Gasteiger partial charge in [0.25, 0.3) is 0 Å². The third-order valence-corrected chi connectivity index (χ3v) is 11.0. The zero-order valence-corrected chi connectivity index (χ0v) is 30.9. The SMILES string of the molecule is C1=CC=CC=C(C2=NCCC=C2)C=1c1ccc2c(c1)c1cnccc1n2-c1cccc(-n2c3ccncc3c3cc(-c4ccccc4-c4ccccn4)ccc32)c1. The van der Waals surface area contributed by atoms with Gasteiger partial charge < -0.3 is 9.13 Å². The highest BCUT2D eigenvalue weighted by atomic mass is 15.0. The van der Waals surface area contributed by atoms with Crippen LogP contribution in [0.1, 0.15) is 12.0 Å².